The number of furan rings is 1. The largest absolute Gasteiger partial charge is 0.466 e. The van der Waals surface area contributed by atoms with Crippen molar-refractivity contribution in [2.45, 2.75) is 45.3 Å². The first-order valence-corrected chi connectivity index (χ1v) is 5.56. The van der Waals surface area contributed by atoms with Crippen LogP contribution in [0.5, 0.6) is 0 Å². The van der Waals surface area contributed by atoms with Crippen LogP contribution >= 0.6 is 0 Å². The lowest BCUT2D eigenvalue weighted by atomic mass is 10.0. The van der Waals surface area contributed by atoms with Gasteiger partial charge in [0, 0.05) is 12.6 Å². The van der Waals surface area contributed by atoms with Gasteiger partial charge in [-0.15, -0.1) is 0 Å². The van der Waals surface area contributed by atoms with Gasteiger partial charge in [-0.05, 0) is 32.4 Å². The lowest BCUT2D eigenvalue weighted by Gasteiger charge is -2.23. The second-order valence-electron chi connectivity index (χ2n) is 4.32. The predicted octanol–water partition coefficient (Wildman–Crippen LogP) is 2.27. The molecule has 0 saturated carbocycles. The fourth-order valence-electron chi connectivity index (χ4n) is 1.58. The summed E-state index contributed by atoms with van der Waals surface area (Å²) in [6, 6.07) is 4.02. The van der Waals surface area contributed by atoms with Crippen molar-refractivity contribution in [1.82, 2.24) is 5.32 Å². The molecule has 0 radical (unpaired) electrons. The third-order valence-electron chi connectivity index (χ3n) is 2.57. The Bertz CT molecular complexity index is 267. The molecule has 3 nitrogen and oxygen atoms in total. The van der Waals surface area contributed by atoms with Gasteiger partial charge < -0.3 is 14.8 Å². The van der Waals surface area contributed by atoms with Gasteiger partial charge >= 0.3 is 0 Å². The molecule has 2 unspecified atom stereocenters. The van der Waals surface area contributed by atoms with Crippen molar-refractivity contribution in [2.24, 2.45) is 0 Å². The molecule has 2 atom stereocenters. The number of nitrogens with one attached hydrogen (secondary N) is 1. The molecule has 0 amide bonds. The van der Waals surface area contributed by atoms with Gasteiger partial charge in [0.2, 0.25) is 0 Å². The Morgan fingerprint density at radius 3 is 2.87 bits per heavy atom. The van der Waals surface area contributed by atoms with Gasteiger partial charge in [-0.1, -0.05) is 13.3 Å². The topological polar surface area (TPSA) is 45.4 Å². The SMILES string of the molecule is CCCC(C)NCC(C)(O)c1ccco1. The average molecular weight is 211 g/mol. The molecule has 0 saturated heterocycles. The highest BCUT2D eigenvalue weighted by Gasteiger charge is 2.26. The third-order valence-corrected chi connectivity index (χ3v) is 2.57. The Balaban J connectivity index is 2.43. The third kappa shape index (κ3) is 3.68. The van der Waals surface area contributed by atoms with E-state index in [4.69, 9.17) is 4.42 Å². The van der Waals surface area contributed by atoms with Gasteiger partial charge in [0.25, 0.3) is 0 Å². The van der Waals surface area contributed by atoms with Crippen LogP contribution in [0.25, 0.3) is 0 Å². The Kier molecular flexibility index (Phi) is 4.36. The van der Waals surface area contributed by atoms with Gasteiger partial charge in [0.15, 0.2) is 0 Å². The number of rotatable bonds is 6. The Labute approximate surface area is 91.5 Å². The van der Waals surface area contributed by atoms with E-state index in [1.165, 1.54) is 0 Å². The van der Waals surface area contributed by atoms with Crippen LogP contribution in [0, 0.1) is 0 Å². The van der Waals surface area contributed by atoms with Crippen LogP contribution in [-0.2, 0) is 5.60 Å². The van der Waals surface area contributed by atoms with E-state index in [0.29, 0.717) is 18.3 Å². The van der Waals surface area contributed by atoms with Gasteiger partial charge in [0.05, 0.1) is 6.26 Å². The van der Waals surface area contributed by atoms with Crippen molar-refractivity contribution in [1.29, 1.82) is 0 Å². The van der Waals surface area contributed by atoms with Crippen LogP contribution in [0.1, 0.15) is 39.4 Å². The average Bonchev–Trinajstić information content (AvgIpc) is 2.69. The zero-order valence-electron chi connectivity index (χ0n) is 9.79. The van der Waals surface area contributed by atoms with Crippen molar-refractivity contribution < 1.29 is 9.52 Å². The summed E-state index contributed by atoms with van der Waals surface area (Å²) >= 11 is 0. The highest BCUT2D eigenvalue weighted by atomic mass is 16.4. The molecule has 0 aromatic carbocycles. The molecular weight excluding hydrogens is 190 g/mol. The zero-order chi connectivity index (χ0) is 11.3. The van der Waals surface area contributed by atoms with E-state index < -0.39 is 5.60 Å². The normalized spacial score (nSPS) is 17.3. The maximum absolute atomic E-state index is 10.1. The second-order valence-corrected chi connectivity index (χ2v) is 4.32. The molecule has 0 aliphatic heterocycles. The van der Waals surface area contributed by atoms with Gasteiger partial charge in [-0.25, -0.2) is 0 Å². The standard InChI is InChI=1S/C12H21NO2/c1-4-6-10(2)13-9-12(3,14)11-7-5-8-15-11/h5,7-8,10,13-14H,4,6,9H2,1-3H3. The first kappa shape index (κ1) is 12.3. The van der Waals surface area contributed by atoms with E-state index in [1.807, 2.05) is 0 Å². The first-order chi connectivity index (χ1) is 7.06. The van der Waals surface area contributed by atoms with Crippen molar-refractivity contribution in [3.8, 4) is 0 Å². The summed E-state index contributed by atoms with van der Waals surface area (Å²) < 4.78 is 5.20. The van der Waals surface area contributed by atoms with E-state index in [-0.39, 0.29) is 0 Å². The highest BCUT2D eigenvalue weighted by molar-refractivity contribution is 5.08. The Morgan fingerprint density at radius 2 is 2.33 bits per heavy atom. The van der Waals surface area contributed by atoms with Crippen LogP contribution < -0.4 is 5.32 Å². The molecule has 1 heterocycles. The lowest BCUT2D eigenvalue weighted by Crippen LogP contribution is -2.39. The monoisotopic (exact) mass is 211 g/mol. The maximum Gasteiger partial charge on any atom is 0.136 e. The van der Waals surface area contributed by atoms with Crippen LogP contribution in [0.3, 0.4) is 0 Å². The zero-order valence-corrected chi connectivity index (χ0v) is 9.79. The van der Waals surface area contributed by atoms with Crippen LogP contribution in [0.2, 0.25) is 0 Å². The molecular formula is C12H21NO2. The summed E-state index contributed by atoms with van der Waals surface area (Å²) in [6.45, 7) is 6.56. The first-order valence-electron chi connectivity index (χ1n) is 5.56. The molecule has 1 aromatic rings. The van der Waals surface area contributed by atoms with Crippen LogP contribution in [0.15, 0.2) is 22.8 Å². The molecule has 0 spiro atoms. The van der Waals surface area contributed by atoms with Gasteiger partial charge in [-0.3, -0.25) is 0 Å². The van der Waals surface area contributed by atoms with Crippen molar-refractivity contribution >= 4 is 0 Å². The fraction of sp³-hybridized carbons (Fsp3) is 0.667. The Hall–Kier alpha value is -0.800. The molecule has 0 aliphatic carbocycles. The highest BCUT2D eigenvalue weighted by Crippen LogP contribution is 2.20. The minimum Gasteiger partial charge on any atom is -0.466 e. The molecule has 0 bridgehead atoms. The summed E-state index contributed by atoms with van der Waals surface area (Å²) in [6.07, 6.45) is 3.85. The van der Waals surface area contributed by atoms with E-state index in [1.54, 1.807) is 25.3 Å². The fourth-order valence-corrected chi connectivity index (χ4v) is 1.58. The molecule has 2 N–H and O–H groups in total. The molecule has 0 aliphatic rings. The molecule has 0 fully saturated rings. The lowest BCUT2D eigenvalue weighted by molar-refractivity contribution is 0.0318. The number of hydrogen-bond donors (Lipinski definition) is 2. The van der Waals surface area contributed by atoms with Crippen molar-refractivity contribution in [2.75, 3.05) is 6.54 Å². The molecule has 1 rings (SSSR count). The van der Waals surface area contributed by atoms with Crippen LogP contribution in [-0.4, -0.2) is 17.7 Å². The number of aliphatic hydroxyl groups is 1. The second kappa shape index (κ2) is 5.33. The molecule has 86 valence electrons. The minimum atomic E-state index is -0.925. The Morgan fingerprint density at radius 1 is 1.60 bits per heavy atom. The van der Waals surface area contributed by atoms with E-state index in [9.17, 15) is 5.11 Å². The predicted molar refractivity (Wildman–Crippen MR) is 60.7 cm³/mol. The summed E-state index contributed by atoms with van der Waals surface area (Å²) in [7, 11) is 0. The van der Waals surface area contributed by atoms with E-state index in [0.717, 1.165) is 12.8 Å². The number of hydrogen-bond acceptors (Lipinski definition) is 3. The smallest absolute Gasteiger partial charge is 0.136 e. The van der Waals surface area contributed by atoms with Crippen molar-refractivity contribution in [3.05, 3.63) is 24.2 Å². The summed E-state index contributed by atoms with van der Waals surface area (Å²) in [5.41, 5.74) is -0.925. The van der Waals surface area contributed by atoms with Gasteiger partial charge in [-0.2, -0.15) is 0 Å². The summed E-state index contributed by atoms with van der Waals surface area (Å²) in [5, 5.41) is 13.4. The summed E-state index contributed by atoms with van der Waals surface area (Å²) in [5.74, 6) is 0.610. The van der Waals surface area contributed by atoms with Crippen molar-refractivity contribution in [3.63, 3.8) is 0 Å². The summed E-state index contributed by atoms with van der Waals surface area (Å²) in [4.78, 5) is 0. The minimum absolute atomic E-state index is 0.427. The molecule has 3 heteroatoms. The molecule has 1 aromatic heterocycles. The van der Waals surface area contributed by atoms with E-state index >= 15 is 0 Å². The van der Waals surface area contributed by atoms with E-state index in [2.05, 4.69) is 19.2 Å². The maximum atomic E-state index is 10.1. The molecule has 15 heavy (non-hydrogen) atoms. The van der Waals surface area contributed by atoms with Gasteiger partial charge in [0.1, 0.15) is 11.4 Å². The van der Waals surface area contributed by atoms with Crippen LogP contribution in [0.4, 0.5) is 0 Å². The quantitative estimate of drug-likeness (QED) is 0.758.